The van der Waals surface area contributed by atoms with E-state index in [1.807, 2.05) is 45.0 Å². The third kappa shape index (κ3) is 5.23. The molecular formula is C25H34N2O5S. The Kier molecular flexibility index (Phi) is 7.82. The molecule has 0 saturated heterocycles. The Morgan fingerprint density at radius 2 is 1.97 bits per heavy atom. The normalized spacial score (nSPS) is 21.3. The molecule has 1 aliphatic heterocycles. The average molecular weight is 475 g/mol. The summed E-state index contributed by atoms with van der Waals surface area (Å²) in [6.07, 6.45) is -0.0338. The second-order valence-corrected chi connectivity index (χ2v) is 10.7. The minimum atomic E-state index is -3.90. The molecule has 0 radical (unpaired) electrons. The Morgan fingerprint density at radius 3 is 2.61 bits per heavy atom. The van der Waals surface area contributed by atoms with Crippen LogP contribution >= 0.6 is 0 Å². The van der Waals surface area contributed by atoms with Gasteiger partial charge in [-0.15, -0.1) is 0 Å². The molecule has 180 valence electrons. The van der Waals surface area contributed by atoms with Crippen LogP contribution in [0.3, 0.4) is 0 Å². The molecule has 1 amide bonds. The van der Waals surface area contributed by atoms with Gasteiger partial charge in [0.25, 0.3) is 0 Å². The van der Waals surface area contributed by atoms with E-state index in [1.165, 1.54) is 4.31 Å². The molecule has 1 heterocycles. The number of aliphatic hydroxyl groups is 1. The smallest absolute Gasteiger partial charge is 0.247 e. The summed E-state index contributed by atoms with van der Waals surface area (Å²) in [7, 11) is -2.17. The molecule has 2 aromatic rings. The van der Waals surface area contributed by atoms with Crippen LogP contribution in [-0.2, 0) is 14.8 Å². The topological polar surface area (TPSA) is 87.2 Å². The van der Waals surface area contributed by atoms with Crippen LogP contribution in [0.15, 0.2) is 47.4 Å². The first-order valence-electron chi connectivity index (χ1n) is 11.3. The number of nitrogens with zero attached hydrogens (tertiary/aromatic N) is 2. The molecule has 0 unspecified atom stereocenters. The van der Waals surface area contributed by atoms with Crippen molar-refractivity contribution >= 4 is 15.9 Å². The van der Waals surface area contributed by atoms with E-state index >= 15 is 0 Å². The Morgan fingerprint density at radius 1 is 1.27 bits per heavy atom. The van der Waals surface area contributed by atoms with Crippen molar-refractivity contribution in [3.8, 4) is 16.9 Å². The zero-order valence-corrected chi connectivity index (χ0v) is 20.8. The first kappa shape index (κ1) is 25.2. The molecule has 0 spiro atoms. The maximum absolute atomic E-state index is 13.6. The number of fused-ring (bicyclic) bond motifs is 1. The summed E-state index contributed by atoms with van der Waals surface area (Å²) in [5, 5.41) is 9.76. The van der Waals surface area contributed by atoms with E-state index < -0.39 is 22.2 Å². The fourth-order valence-corrected chi connectivity index (χ4v) is 5.98. The number of hydrogen-bond acceptors (Lipinski definition) is 5. The molecule has 0 fully saturated rings. The van der Waals surface area contributed by atoms with Gasteiger partial charge in [0.1, 0.15) is 16.7 Å². The number of rotatable bonds is 6. The second-order valence-electron chi connectivity index (χ2n) is 8.84. The van der Waals surface area contributed by atoms with Crippen molar-refractivity contribution in [2.24, 2.45) is 5.92 Å². The first-order valence-corrected chi connectivity index (χ1v) is 12.8. The maximum atomic E-state index is 13.6. The minimum Gasteiger partial charge on any atom is -0.487 e. The standard InChI is InChI=1S/C25H34N2O5S/c1-6-25(29)26(5)15-23-18(3)14-27(19(4)16-28)33(30,31)24-12-11-20(13-22(24)32-23)21-10-8-7-9-17(21)2/h7-13,18-19,23,28H,6,14-16H2,1-5H3/t18-,19+,23+/m1/s1. The van der Waals surface area contributed by atoms with E-state index in [2.05, 4.69) is 0 Å². The molecule has 0 aliphatic carbocycles. The molecule has 0 saturated carbocycles. The predicted molar refractivity (Wildman–Crippen MR) is 129 cm³/mol. The number of hydrogen-bond donors (Lipinski definition) is 1. The predicted octanol–water partition coefficient (Wildman–Crippen LogP) is 3.30. The lowest BCUT2D eigenvalue weighted by molar-refractivity contribution is -0.131. The Labute approximate surface area is 197 Å². The summed E-state index contributed by atoms with van der Waals surface area (Å²) in [4.78, 5) is 13.9. The summed E-state index contributed by atoms with van der Waals surface area (Å²) >= 11 is 0. The lowest BCUT2D eigenvalue weighted by Gasteiger charge is -2.37. The molecule has 8 heteroatoms. The Bertz CT molecular complexity index is 1100. The van der Waals surface area contributed by atoms with Gasteiger partial charge in [-0.1, -0.05) is 44.2 Å². The van der Waals surface area contributed by atoms with Crippen LogP contribution in [0.2, 0.25) is 0 Å². The largest absolute Gasteiger partial charge is 0.487 e. The van der Waals surface area contributed by atoms with Crippen molar-refractivity contribution in [1.29, 1.82) is 0 Å². The van der Waals surface area contributed by atoms with E-state index in [0.29, 0.717) is 13.0 Å². The monoisotopic (exact) mass is 474 g/mol. The SMILES string of the molecule is CCC(=O)N(C)C[C@@H]1Oc2cc(-c3ccccc3C)ccc2S(=O)(=O)N([C@@H](C)CO)C[C@H]1C. The summed E-state index contributed by atoms with van der Waals surface area (Å²) < 4.78 is 34.9. The molecule has 3 atom stereocenters. The fraction of sp³-hybridized carbons (Fsp3) is 0.480. The number of carbonyl (C=O) groups is 1. The third-order valence-corrected chi connectivity index (χ3v) is 8.32. The van der Waals surface area contributed by atoms with E-state index in [9.17, 15) is 18.3 Å². The number of amides is 1. The number of ether oxygens (including phenoxy) is 1. The maximum Gasteiger partial charge on any atom is 0.247 e. The molecular weight excluding hydrogens is 440 g/mol. The highest BCUT2D eigenvalue weighted by atomic mass is 32.2. The van der Waals surface area contributed by atoms with Gasteiger partial charge in [0.15, 0.2) is 0 Å². The van der Waals surface area contributed by atoms with Crippen LogP contribution in [-0.4, -0.2) is 67.5 Å². The van der Waals surface area contributed by atoms with E-state index in [0.717, 1.165) is 16.7 Å². The summed E-state index contributed by atoms with van der Waals surface area (Å²) in [5.74, 6) is 0.0471. The molecule has 1 aliphatic rings. The summed E-state index contributed by atoms with van der Waals surface area (Å²) in [6.45, 7) is 7.65. The van der Waals surface area contributed by atoms with Crippen LogP contribution in [0, 0.1) is 12.8 Å². The van der Waals surface area contributed by atoms with Crippen molar-refractivity contribution in [2.75, 3.05) is 26.7 Å². The van der Waals surface area contributed by atoms with Crippen LogP contribution in [0.25, 0.3) is 11.1 Å². The number of carbonyl (C=O) groups excluding carboxylic acids is 1. The van der Waals surface area contributed by atoms with Crippen molar-refractivity contribution < 1.29 is 23.1 Å². The van der Waals surface area contributed by atoms with Gasteiger partial charge >= 0.3 is 0 Å². The zero-order valence-electron chi connectivity index (χ0n) is 20.0. The average Bonchev–Trinajstić information content (AvgIpc) is 2.80. The molecule has 3 rings (SSSR count). The molecule has 33 heavy (non-hydrogen) atoms. The van der Waals surface area contributed by atoms with E-state index in [1.54, 1.807) is 37.1 Å². The van der Waals surface area contributed by atoms with Crippen molar-refractivity contribution in [3.05, 3.63) is 48.0 Å². The minimum absolute atomic E-state index is 0.00468. The van der Waals surface area contributed by atoms with Gasteiger partial charge in [0.2, 0.25) is 15.9 Å². The van der Waals surface area contributed by atoms with Gasteiger partial charge < -0.3 is 14.7 Å². The van der Waals surface area contributed by atoms with E-state index in [-0.39, 0.29) is 35.6 Å². The van der Waals surface area contributed by atoms with Crippen molar-refractivity contribution in [3.63, 3.8) is 0 Å². The summed E-state index contributed by atoms with van der Waals surface area (Å²) in [5.41, 5.74) is 2.92. The number of aryl methyl sites for hydroxylation is 1. The second kappa shape index (κ2) is 10.2. The summed E-state index contributed by atoms with van der Waals surface area (Å²) in [6, 6.07) is 12.4. The zero-order chi connectivity index (χ0) is 24.3. The highest BCUT2D eigenvalue weighted by Crippen LogP contribution is 2.37. The van der Waals surface area contributed by atoms with Crippen LogP contribution in [0.1, 0.15) is 32.8 Å². The third-order valence-electron chi connectivity index (χ3n) is 6.31. The molecule has 0 aromatic heterocycles. The molecule has 0 bridgehead atoms. The molecule has 7 nitrogen and oxygen atoms in total. The van der Waals surface area contributed by atoms with Gasteiger partial charge in [-0.05, 0) is 42.7 Å². The van der Waals surface area contributed by atoms with Gasteiger partial charge in [-0.25, -0.2) is 8.42 Å². The highest BCUT2D eigenvalue weighted by Gasteiger charge is 2.38. The Hall–Kier alpha value is -2.42. The number of likely N-dealkylation sites (N-methyl/N-ethyl adjacent to an activating group) is 1. The van der Waals surface area contributed by atoms with E-state index in [4.69, 9.17) is 4.74 Å². The number of sulfonamides is 1. The quantitative estimate of drug-likeness (QED) is 0.694. The molecule has 1 N–H and O–H groups in total. The van der Waals surface area contributed by atoms with Crippen molar-refractivity contribution in [1.82, 2.24) is 9.21 Å². The van der Waals surface area contributed by atoms with Gasteiger partial charge in [-0.3, -0.25) is 4.79 Å². The highest BCUT2D eigenvalue weighted by molar-refractivity contribution is 7.89. The Balaban J connectivity index is 2.14. The van der Waals surface area contributed by atoms with Crippen LogP contribution in [0.5, 0.6) is 5.75 Å². The molecule has 2 aromatic carbocycles. The van der Waals surface area contributed by atoms with Gasteiger partial charge in [-0.2, -0.15) is 4.31 Å². The van der Waals surface area contributed by atoms with Crippen molar-refractivity contribution in [2.45, 2.75) is 51.2 Å². The lowest BCUT2D eigenvalue weighted by Crippen LogP contribution is -2.50. The van der Waals surface area contributed by atoms with Crippen LogP contribution in [0.4, 0.5) is 0 Å². The fourth-order valence-electron chi connectivity index (χ4n) is 4.15. The lowest BCUT2D eigenvalue weighted by atomic mass is 10.00. The first-order chi connectivity index (χ1) is 15.6. The number of benzene rings is 2. The van der Waals surface area contributed by atoms with Gasteiger partial charge in [0.05, 0.1) is 13.2 Å². The van der Waals surface area contributed by atoms with Gasteiger partial charge in [0, 0.05) is 32.0 Å². The van der Waals surface area contributed by atoms with Crippen LogP contribution < -0.4 is 4.74 Å². The number of aliphatic hydroxyl groups excluding tert-OH is 1.